The monoisotopic (exact) mass is 638 g/mol. The van der Waals surface area contributed by atoms with Gasteiger partial charge in [-0.1, -0.05) is 32.1 Å². The zero-order valence-electron chi connectivity index (χ0n) is 26.2. The van der Waals surface area contributed by atoms with Crippen LogP contribution in [-0.2, 0) is 57.5 Å². The lowest BCUT2D eigenvalue weighted by molar-refractivity contribution is -0.170. The Balaban J connectivity index is 2.06. The molecule has 2 saturated carbocycles. The molecule has 0 saturated heterocycles. The van der Waals surface area contributed by atoms with Crippen LogP contribution in [0.2, 0.25) is 0 Å². The predicted octanol–water partition coefficient (Wildman–Crippen LogP) is 2.74. The Bertz CT molecular complexity index is 1060. The second kappa shape index (κ2) is 20.2. The Morgan fingerprint density at radius 1 is 0.556 bits per heavy atom. The van der Waals surface area contributed by atoms with Gasteiger partial charge in [-0.15, -0.1) is 0 Å². The summed E-state index contributed by atoms with van der Waals surface area (Å²) in [7, 11) is 0. The topological polar surface area (TPSA) is 198 Å². The van der Waals surface area contributed by atoms with E-state index in [1.54, 1.807) is 6.92 Å². The molecule has 45 heavy (non-hydrogen) atoms. The molecule has 2 rings (SSSR count). The Labute approximate surface area is 262 Å². The standard InChI is InChI=1S/C31H46N2O12/c1-3-42-26(36)16-14-22(34)19-25(31(41)45-33-29(39)21-12-8-9-13-21)24(30(40)43-4-2)18-23(35)15-17-27(37)44-32-28(38)20-10-6-5-7-11-20/h20-21,24-25H,3-19H2,1-2H3,(H,32,38)(H,33,39). The number of Topliss-reactive ketones (excluding diaryl/α,β-unsaturated/α-hetero) is 2. The first kappa shape index (κ1) is 37.3. The molecular weight excluding hydrogens is 592 g/mol. The van der Waals surface area contributed by atoms with Gasteiger partial charge in [0.25, 0.3) is 11.8 Å². The number of ether oxygens (including phenoxy) is 2. The first-order valence-electron chi connectivity index (χ1n) is 15.9. The maximum Gasteiger partial charge on any atom is 0.336 e. The molecule has 0 spiro atoms. The minimum Gasteiger partial charge on any atom is -0.466 e. The second-order valence-corrected chi connectivity index (χ2v) is 11.4. The number of hydrogen-bond acceptors (Lipinski definition) is 12. The number of hydroxylamine groups is 2. The number of nitrogens with one attached hydrogen (secondary N) is 2. The molecule has 2 amide bonds. The van der Waals surface area contributed by atoms with Crippen molar-refractivity contribution in [2.75, 3.05) is 13.2 Å². The average Bonchev–Trinajstić information content (AvgIpc) is 3.58. The second-order valence-electron chi connectivity index (χ2n) is 11.4. The van der Waals surface area contributed by atoms with E-state index in [-0.39, 0.29) is 44.3 Å². The molecule has 14 heteroatoms. The number of amides is 2. The number of hydrogen-bond donors (Lipinski definition) is 2. The zero-order chi connectivity index (χ0) is 33.2. The molecule has 0 bridgehead atoms. The van der Waals surface area contributed by atoms with E-state index in [2.05, 4.69) is 11.0 Å². The van der Waals surface area contributed by atoms with Crippen LogP contribution in [0.5, 0.6) is 0 Å². The molecule has 0 aromatic heterocycles. The van der Waals surface area contributed by atoms with Crippen LogP contribution in [-0.4, -0.2) is 60.5 Å². The zero-order valence-corrected chi connectivity index (χ0v) is 26.2. The van der Waals surface area contributed by atoms with E-state index >= 15 is 0 Å². The van der Waals surface area contributed by atoms with E-state index < -0.39 is 78.4 Å². The van der Waals surface area contributed by atoms with Crippen LogP contribution in [0.3, 0.4) is 0 Å². The van der Waals surface area contributed by atoms with E-state index in [1.807, 2.05) is 0 Å². The van der Waals surface area contributed by atoms with Crippen molar-refractivity contribution < 1.29 is 57.5 Å². The van der Waals surface area contributed by atoms with Crippen LogP contribution in [0, 0.1) is 23.7 Å². The highest BCUT2D eigenvalue weighted by Crippen LogP contribution is 2.27. The average molecular weight is 639 g/mol. The first-order valence-corrected chi connectivity index (χ1v) is 15.9. The molecule has 2 atom stereocenters. The van der Waals surface area contributed by atoms with Crippen molar-refractivity contribution in [1.29, 1.82) is 0 Å². The number of rotatable bonds is 17. The Morgan fingerprint density at radius 3 is 1.51 bits per heavy atom. The highest BCUT2D eigenvalue weighted by atomic mass is 16.7. The van der Waals surface area contributed by atoms with Gasteiger partial charge in [0, 0.05) is 37.5 Å². The summed E-state index contributed by atoms with van der Waals surface area (Å²) in [6.45, 7) is 3.16. The Kier molecular flexibility index (Phi) is 16.8. The third-order valence-electron chi connectivity index (χ3n) is 8.01. The third-order valence-corrected chi connectivity index (χ3v) is 8.01. The molecule has 2 aliphatic rings. The molecule has 0 aliphatic heterocycles. The van der Waals surface area contributed by atoms with Crippen LogP contribution in [0.1, 0.15) is 110 Å². The third kappa shape index (κ3) is 13.8. The highest BCUT2D eigenvalue weighted by molar-refractivity contribution is 5.93. The van der Waals surface area contributed by atoms with Gasteiger partial charge in [-0.25, -0.2) is 9.59 Å². The lowest BCUT2D eigenvalue weighted by Crippen LogP contribution is -2.40. The number of carbonyl (C=O) groups excluding carboxylic acids is 8. The fourth-order valence-electron chi connectivity index (χ4n) is 5.49. The van der Waals surface area contributed by atoms with E-state index in [0.717, 1.165) is 32.1 Å². The number of esters is 2. The van der Waals surface area contributed by atoms with Crippen molar-refractivity contribution in [1.82, 2.24) is 11.0 Å². The van der Waals surface area contributed by atoms with Crippen LogP contribution in [0.25, 0.3) is 0 Å². The van der Waals surface area contributed by atoms with E-state index in [9.17, 15) is 38.4 Å². The number of carbonyl (C=O) groups is 8. The minimum absolute atomic E-state index is 0.0898. The molecule has 0 aromatic carbocycles. The minimum atomic E-state index is -1.53. The van der Waals surface area contributed by atoms with Crippen molar-refractivity contribution in [2.24, 2.45) is 23.7 Å². The highest BCUT2D eigenvalue weighted by Gasteiger charge is 2.40. The Morgan fingerprint density at radius 2 is 1.00 bits per heavy atom. The summed E-state index contributed by atoms with van der Waals surface area (Å²) in [5.74, 6) is -9.24. The molecular formula is C31H46N2O12. The summed E-state index contributed by atoms with van der Waals surface area (Å²) in [5.41, 5.74) is 4.24. The van der Waals surface area contributed by atoms with E-state index in [1.165, 1.54) is 6.92 Å². The fourth-order valence-corrected chi connectivity index (χ4v) is 5.49. The molecule has 2 aliphatic carbocycles. The molecule has 2 fully saturated rings. The van der Waals surface area contributed by atoms with Gasteiger partial charge >= 0.3 is 23.9 Å². The van der Waals surface area contributed by atoms with E-state index in [0.29, 0.717) is 25.7 Å². The van der Waals surface area contributed by atoms with Crippen molar-refractivity contribution in [3.05, 3.63) is 0 Å². The summed E-state index contributed by atoms with van der Waals surface area (Å²) in [4.78, 5) is 110. The SMILES string of the molecule is CCOC(=O)CCC(=O)CC(C(=O)ONC(=O)C1CCCC1)C(CC(=O)CCC(=O)ONC(=O)C1CCCCC1)C(=O)OCC. The molecule has 0 heterocycles. The summed E-state index contributed by atoms with van der Waals surface area (Å²) >= 11 is 0. The van der Waals surface area contributed by atoms with Gasteiger partial charge in [0.2, 0.25) is 0 Å². The van der Waals surface area contributed by atoms with Gasteiger partial charge in [-0.2, -0.15) is 11.0 Å². The predicted molar refractivity (Wildman–Crippen MR) is 155 cm³/mol. The maximum atomic E-state index is 13.2. The van der Waals surface area contributed by atoms with Crippen molar-refractivity contribution in [2.45, 2.75) is 110 Å². The summed E-state index contributed by atoms with van der Waals surface area (Å²) in [5, 5.41) is 0. The molecule has 14 nitrogen and oxygen atoms in total. The van der Waals surface area contributed by atoms with Gasteiger partial charge in [0.05, 0.1) is 37.9 Å². The summed E-state index contributed by atoms with van der Waals surface area (Å²) in [6.07, 6.45) is 4.77. The van der Waals surface area contributed by atoms with Crippen LogP contribution in [0.4, 0.5) is 0 Å². The van der Waals surface area contributed by atoms with Gasteiger partial charge in [0.1, 0.15) is 11.6 Å². The van der Waals surface area contributed by atoms with Gasteiger partial charge in [-0.05, 0) is 39.5 Å². The maximum absolute atomic E-state index is 13.2. The summed E-state index contributed by atoms with van der Waals surface area (Å²) in [6, 6.07) is 0. The quantitative estimate of drug-likeness (QED) is 0.134. The molecule has 0 radical (unpaired) electrons. The fraction of sp³-hybridized carbons (Fsp3) is 0.742. The van der Waals surface area contributed by atoms with Gasteiger partial charge in [-0.3, -0.25) is 28.8 Å². The molecule has 252 valence electrons. The summed E-state index contributed by atoms with van der Waals surface area (Å²) < 4.78 is 9.92. The van der Waals surface area contributed by atoms with Crippen LogP contribution >= 0.6 is 0 Å². The van der Waals surface area contributed by atoms with Crippen molar-refractivity contribution in [3.8, 4) is 0 Å². The molecule has 0 aromatic rings. The van der Waals surface area contributed by atoms with Crippen molar-refractivity contribution >= 4 is 47.3 Å². The van der Waals surface area contributed by atoms with Crippen molar-refractivity contribution in [3.63, 3.8) is 0 Å². The number of ketones is 2. The van der Waals surface area contributed by atoms with Crippen LogP contribution < -0.4 is 11.0 Å². The molecule has 2 unspecified atom stereocenters. The normalized spacial score (nSPS) is 16.5. The van der Waals surface area contributed by atoms with Gasteiger partial charge in [0.15, 0.2) is 0 Å². The smallest absolute Gasteiger partial charge is 0.336 e. The van der Waals surface area contributed by atoms with Crippen LogP contribution in [0.15, 0.2) is 0 Å². The lowest BCUT2D eigenvalue weighted by Gasteiger charge is -2.23. The Hall–Kier alpha value is -3.84. The largest absolute Gasteiger partial charge is 0.466 e. The lowest BCUT2D eigenvalue weighted by atomic mass is 9.83. The van der Waals surface area contributed by atoms with E-state index in [4.69, 9.17) is 19.1 Å². The first-order chi connectivity index (χ1) is 21.5. The van der Waals surface area contributed by atoms with Gasteiger partial charge < -0.3 is 19.1 Å². The molecule has 2 N–H and O–H groups in total.